The van der Waals surface area contributed by atoms with Crippen LogP contribution in [0, 0.1) is 0 Å². The molecule has 0 radical (unpaired) electrons. The second-order valence-electron chi connectivity index (χ2n) is 18.7. The Balaban J connectivity index is 1.10. The van der Waals surface area contributed by atoms with Crippen LogP contribution in [0.25, 0.3) is 0 Å². The third-order valence-electron chi connectivity index (χ3n) is 13.7. The maximum absolute atomic E-state index is 14.8. The van der Waals surface area contributed by atoms with Crippen molar-refractivity contribution in [2.24, 2.45) is 0 Å². The van der Waals surface area contributed by atoms with Crippen LogP contribution in [-0.2, 0) is 42.7 Å². The maximum Gasteiger partial charge on any atom is 0.338 e. The minimum Gasteiger partial charge on any atom is -0.463 e. The molecule has 0 saturated carbocycles. The molecular weight excluding hydrogens is 1050 g/mol. The second-order valence-corrected chi connectivity index (χ2v) is 20.0. The molecule has 0 aromatic heterocycles. The Morgan fingerprint density at radius 3 is 1.12 bits per heavy atom. The minimum atomic E-state index is -1.91. The van der Waals surface area contributed by atoms with Gasteiger partial charge in [-0.05, 0) is 78.5 Å². The van der Waals surface area contributed by atoms with Gasteiger partial charge in [-0.15, -0.1) is 11.8 Å². The number of esters is 5. The zero-order valence-electron chi connectivity index (χ0n) is 42.8. The first-order valence-corrected chi connectivity index (χ1v) is 26.5. The third kappa shape index (κ3) is 11.1. The highest BCUT2D eigenvalue weighted by atomic mass is 32.2. The molecule has 4 aliphatic rings. The predicted octanol–water partition coefficient (Wildman–Crippen LogP) is 7.00. The van der Waals surface area contributed by atoms with Crippen molar-refractivity contribution < 1.29 is 81.0 Å². The van der Waals surface area contributed by atoms with E-state index in [4.69, 9.17) is 37.9 Å². The fraction of sp³-hybridized carbons (Fsp3) is 0.250. The van der Waals surface area contributed by atoms with Gasteiger partial charge in [-0.25, -0.2) is 19.2 Å². The van der Waals surface area contributed by atoms with Crippen LogP contribution in [-0.4, -0.2) is 143 Å². The second kappa shape index (κ2) is 24.0. The Bertz CT molecular complexity index is 3260. The fourth-order valence-electron chi connectivity index (χ4n) is 10.00. The summed E-state index contributed by atoms with van der Waals surface area (Å²) < 4.78 is 50.8. The Hall–Kier alpha value is -8.82. The lowest BCUT2D eigenvalue weighted by Gasteiger charge is -2.49. The van der Waals surface area contributed by atoms with E-state index < -0.39 is 127 Å². The number of nitrogens with zero attached hydrogens (tertiary/aromatic N) is 2. The summed E-state index contributed by atoms with van der Waals surface area (Å²) in [7, 11) is 0. The van der Waals surface area contributed by atoms with Crippen LogP contribution < -0.4 is 0 Å². The highest BCUT2D eigenvalue weighted by Crippen LogP contribution is 2.41. The summed E-state index contributed by atoms with van der Waals surface area (Å²) in [6.07, 6.45) is -12.1. The number of ether oxygens (including phenoxy) is 8. The lowest BCUT2D eigenvalue weighted by Crippen LogP contribution is -2.69. The predicted molar refractivity (Wildman–Crippen MR) is 282 cm³/mol. The van der Waals surface area contributed by atoms with E-state index >= 15 is 0 Å². The lowest BCUT2D eigenvalue weighted by molar-refractivity contribution is -0.290. The van der Waals surface area contributed by atoms with E-state index in [9.17, 15) is 43.2 Å². The molecule has 0 aliphatic carbocycles. The number of rotatable bonds is 17. The van der Waals surface area contributed by atoms with Gasteiger partial charge >= 0.3 is 29.8 Å². The van der Waals surface area contributed by atoms with Crippen LogP contribution in [0.1, 0.15) is 96.7 Å². The first-order valence-electron chi connectivity index (χ1n) is 25.5. The van der Waals surface area contributed by atoms with Crippen molar-refractivity contribution in [3.63, 3.8) is 0 Å². The average molecular weight is 1100 g/mol. The third-order valence-corrected chi connectivity index (χ3v) is 14.7. The van der Waals surface area contributed by atoms with E-state index in [2.05, 4.69) is 0 Å². The Morgan fingerprint density at radius 2 is 0.762 bits per heavy atom. The smallest absolute Gasteiger partial charge is 0.338 e. The number of hydrogen-bond acceptors (Lipinski definition) is 18. The normalized spacial score (nSPS) is 24.1. The summed E-state index contributed by atoms with van der Waals surface area (Å²) in [5.41, 5.74) is -0.979. The molecule has 4 heterocycles. The largest absolute Gasteiger partial charge is 0.463 e. The van der Waals surface area contributed by atoms with Crippen LogP contribution in [0.5, 0.6) is 0 Å². The molecular formula is C60H50N2O17S. The Morgan fingerprint density at radius 1 is 0.438 bits per heavy atom. The SMILES string of the molecule is CCS[C@@H]1O[C@H](CO[C@@H]2O[C@H](COC(C)=O)[C@@H](OC(=O)c3ccccc3)[C@H](OC(=O)c3ccccc3)[C@H]2N2C(=O)c3ccccc3C2=O)[C@@H](OC(=O)c2ccccc2)[C@H](OC(=O)c2ccccc2)[C@H]1N1C(=O)c2ccccc2C1=O. The number of amides is 4. The number of hydrogen-bond donors (Lipinski definition) is 0. The quantitative estimate of drug-likeness (QED) is 0.0508. The molecule has 4 aliphatic heterocycles. The number of imide groups is 2. The molecule has 408 valence electrons. The molecule has 0 N–H and O–H groups in total. The zero-order chi connectivity index (χ0) is 56.0. The number of thioether (sulfide) groups is 1. The maximum atomic E-state index is 14.8. The summed E-state index contributed by atoms with van der Waals surface area (Å²) >= 11 is 1.13. The van der Waals surface area contributed by atoms with Gasteiger partial charge in [0.05, 0.1) is 51.1 Å². The summed E-state index contributed by atoms with van der Waals surface area (Å²) in [5.74, 6) is -7.51. The summed E-state index contributed by atoms with van der Waals surface area (Å²) in [6.45, 7) is 1.51. The fourth-order valence-corrected chi connectivity index (χ4v) is 11.0. The Kier molecular flexibility index (Phi) is 16.4. The van der Waals surface area contributed by atoms with Crippen molar-refractivity contribution in [2.45, 2.75) is 74.3 Å². The molecule has 6 aromatic carbocycles. The molecule has 0 unspecified atom stereocenters. The molecule has 2 fully saturated rings. The van der Waals surface area contributed by atoms with Gasteiger partial charge < -0.3 is 37.9 Å². The van der Waals surface area contributed by atoms with Gasteiger partial charge in [0.1, 0.15) is 36.3 Å². The molecule has 10 rings (SSSR count). The summed E-state index contributed by atoms with van der Waals surface area (Å²) in [6, 6.07) is 39.9. The van der Waals surface area contributed by atoms with Gasteiger partial charge in [-0.2, -0.15) is 0 Å². The number of benzene rings is 6. The monoisotopic (exact) mass is 1100 g/mol. The van der Waals surface area contributed by atoms with Crippen LogP contribution >= 0.6 is 11.8 Å². The van der Waals surface area contributed by atoms with Crippen molar-refractivity contribution >= 4 is 65.2 Å². The topological polar surface area (TPSA) is 234 Å². The molecule has 0 bridgehead atoms. The molecule has 20 heteroatoms. The lowest BCUT2D eigenvalue weighted by atomic mass is 9.94. The molecule has 19 nitrogen and oxygen atoms in total. The van der Waals surface area contributed by atoms with E-state index in [0.29, 0.717) is 5.75 Å². The number of carbonyl (C=O) groups excluding carboxylic acids is 9. The van der Waals surface area contributed by atoms with Crippen LogP contribution in [0.2, 0.25) is 0 Å². The summed E-state index contributed by atoms with van der Waals surface area (Å²) in [5, 5.41) is 0. The van der Waals surface area contributed by atoms with E-state index in [1.165, 1.54) is 72.8 Å². The highest BCUT2D eigenvalue weighted by Gasteiger charge is 2.60. The van der Waals surface area contributed by atoms with Crippen molar-refractivity contribution in [1.82, 2.24) is 9.80 Å². The van der Waals surface area contributed by atoms with Crippen LogP contribution in [0.15, 0.2) is 170 Å². The molecule has 10 atom stereocenters. The number of carbonyl (C=O) groups is 9. The standard InChI is InChI=1S/C60H50N2O17S/c1-3-80-60-46(62-53(66)41-30-18-19-31-42(41)54(62)67)50(79-58(71)38-26-14-7-15-27-38)48(77-56(69)36-22-10-5-11-23-36)44(75-60)33-73-59-45(61-51(64)39-28-16-17-29-40(39)52(61)65)49(78-57(70)37-24-12-6-13-25-37)47(43(74-59)32-72-34(2)63)76-55(68)35-20-8-4-9-21-35/h4-31,43-50,59-60H,3,32-33H2,1-2H3/t43-,44-,45-,46-,47-,48-,49-,50-,59-,60+/m1/s1. The number of fused-ring (bicyclic) bond motifs is 2. The van der Waals surface area contributed by atoms with E-state index in [1.54, 1.807) is 104 Å². The molecule has 80 heavy (non-hydrogen) atoms. The van der Waals surface area contributed by atoms with Crippen molar-refractivity contribution in [3.05, 3.63) is 214 Å². The van der Waals surface area contributed by atoms with E-state index in [-0.39, 0.29) is 44.5 Å². The molecule has 6 aromatic rings. The van der Waals surface area contributed by atoms with E-state index in [1.807, 2.05) is 0 Å². The van der Waals surface area contributed by atoms with E-state index in [0.717, 1.165) is 28.5 Å². The van der Waals surface area contributed by atoms with Crippen molar-refractivity contribution in [2.75, 3.05) is 19.0 Å². The first kappa shape index (κ1) is 54.5. The van der Waals surface area contributed by atoms with Crippen molar-refractivity contribution in [3.8, 4) is 0 Å². The first-order chi connectivity index (χ1) is 38.8. The van der Waals surface area contributed by atoms with Gasteiger partial charge in [0, 0.05) is 6.92 Å². The zero-order valence-corrected chi connectivity index (χ0v) is 43.6. The van der Waals surface area contributed by atoms with Crippen LogP contribution in [0.3, 0.4) is 0 Å². The van der Waals surface area contributed by atoms with Gasteiger partial charge in [-0.1, -0.05) is 104 Å². The van der Waals surface area contributed by atoms with Crippen LogP contribution in [0.4, 0.5) is 0 Å². The van der Waals surface area contributed by atoms with Gasteiger partial charge in [-0.3, -0.25) is 33.8 Å². The molecule has 0 spiro atoms. The average Bonchev–Trinajstić information content (AvgIpc) is 4.06. The van der Waals surface area contributed by atoms with Gasteiger partial charge in [0.25, 0.3) is 23.6 Å². The molecule has 2 saturated heterocycles. The van der Waals surface area contributed by atoms with Crippen molar-refractivity contribution in [1.29, 1.82) is 0 Å². The molecule has 4 amide bonds. The Labute approximate surface area is 461 Å². The minimum absolute atomic E-state index is 0.0177. The highest BCUT2D eigenvalue weighted by molar-refractivity contribution is 7.99. The van der Waals surface area contributed by atoms with Gasteiger partial charge in [0.2, 0.25) is 0 Å². The van der Waals surface area contributed by atoms with Gasteiger partial charge in [0.15, 0.2) is 30.7 Å². The summed E-state index contributed by atoms with van der Waals surface area (Å²) in [4.78, 5) is 130.